The number of aromatic hydroxyl groups is 1. The van der Waals surface area contributed by atoms with E-state index in [1.54, 1.807) is 30.5 Å². The zero-order valence-corrected chi connectivity index (χ0v) is 21.5. The Labute approximate surface area is 225 Å². The van der Waals surface area contributed by atoms with Crippen LogP contribution in [-0.2, 0) is 16.1 Å². The number of likely N-dealkylation sites (N-methyl/N-ethyl adjacent to an activating group) is 1. The fourth-order valence-corrected chi connectivity index (χ4v) is 4.12. The van der Waals surface area contributed by atoms with Crippen molar-refractivity contribution in [2.24, 2.45) is 5.73 Å². The Morgan fingerprint density at radius 1 is 1.18 bits per heavy atom. The number of carbonyl (C=O) groups is 3. The van der Waals surface area contributed by atoms with Crippen LogP contribution in [0.4, 0.5) is 10.3 Å². The number of nitrogens with zero attached hydrogens (tertiary/aromatic N) is 7. The summed E-state index contributed by atoms with van der Waals surface area (Å²) >= 11 is 5.78. The number of fused-ring (bicyclic) bond motifs is 1. The van der Waals surface area contributed by atoms with Gasteiger partial charge in [0, 0.05) is 30.5 Å². The van der Waals surface area contributed by atoms with Gasteiger partial charge in [-0.3, -0.25) is 24.4 Å². The van der Waals surface area contributed by atoms with Crippen molar-refractivity contribution < 1.29 is 23.9 Å². The monoisotopic (exact) mass is 555 g/mol. The van der Waals surface area contributed by atoms with Gasteiger partial charge in [-0.05, 0) is 30.7 Å². The number of hydrogen-bond acceptors (Lipinski definition) is 9. The quantitative estimate of drug-likeness (QED) is 0.260. The van der Waals surface area contributed by atoms with Gasteiger partial charge in [-0.25, -0.2) is 9.37 Å². The fourth-order valence-electron chi connectivity index (χ4n) is 3.94. The maximum absolute atomic E-state index is 14.0. The molecule has 2 unspecified atom stereocenters. The predicted octanol–water partition coefficient (Wildman–Crippen LogP) is 1.95. The number of aromatic nitrogens is 6. The lowest BCUT2D eigenvalue weighted by atomic mass is 10.0. The second kappa shape index (κ2) is 11.3. The van der Waals surface area contributed by atoms with Crippen LogP contribution in [0.2, 0.25) is 5.15 Å². The Balaban J connectivity index is 1.61. The first-order valence-electron chi connectivity index (χ1n) is 11.5. The number of halogens is 2. The van der Waals surface area contributed by atoms with E-state index in [0.717, 1.165) is 22.1 Å². The van der Waals surface area contributed by atoms with Crippen molar-refractivity contribution in [2.45, 2.75) is 32.1 Å². The molecule has 4 aromatic rings. The van der Waals surface area contributed by atoms with Crippen molar-refractivity contribution in [3.63, 3.8) is 0 Å². The SMILES string of the molecule is CC(F)CC(C(=O)Nc1nc(O)cc(Cl)n1)N(C)C(=O)Cn1nc(C(N)=O)c2cc(-c3ccnnc3)ccc21. The molecule has 202 valence electrons. The number of nitrogens with one attached hydrogen (secondary N) is 1. The van der Waals surface area contributed by atoms with Crippen molar-refractivity contribution in [2.75, 3.05) is 12.4 Å². The zero-order valence-electron chi connectivity index (χ0n) is 20.7. The van der Waals surface area contributed by atoms with Crippen LogP contribution in [0.5, 0.6) is 5.88 Å². The second-order valence-electron chi connectivity index (χ2n) is 8.63. The van der Waals surface area contributed by atoms with Gasteiger partial charge in [0.15, 0.2) is 5.69 Å². The summed E-state index contributed by atoms with van der Waals surface area (Å²) in [5, 5.41) is 24.1. The van der Waals surface area contributed by atoms with Crippen molar-refractivity contribution in [3.05, 3.63) is 53.6 Å². The maximum Gasteiger partial charge on any atom is 0.269 e. The summed E-state index contributed by atoms with van der Waals surface area (Å²) in [6, 6.07) is 6.68. The molecule has 13 nitrogen and oxygen atoms in total. The van der Waals surface area contributed by atoms with Crippen molar-refractivity contribution in [3.8, 4) is 17.0 Å². The topological polar surface area (TPSA) is 182 Å². The Kier molecular flexibility index (Phi) is 7.95. The average Bonchev–Trinajstić information content (AvgIpc) is 3.24. The number of anilines is 1. The van der Waals surface area contributed by atoms with Crippen LogP contribution >= 0.6 is 11.6 Å². The van der Waals surface area contributed by atoms with E-state index < -0.39 is 35.8 Å². The fraction of sp³-hybridized carbons (Fsp3) is 0.250. The Morgan fingerprint density at radius 2 is 1.95 bits per heavy atom. The lowest BCUT2D eigenvalue weighted by Gasteiger charge is -2.27. The van der Waals surface area contributed by atoms with E-state index in [0.29, 0.717) is 10.9 Å². The molecule has 0 saturated heterocycles. The summed E-state index contributed by atoms with van der Waals surface area (Å²) in [6.45, 7) is 0.867. The molecule has 0 spiro atoms. The van der Waals surface area contributed by atoms with E-state index in [-0.39, 0.29) is 29.8 Å². The molecule has 4 N–H and O–H groups in total. The summed E-state index contributed by atoms with van der Waals surface area (Å²) < 4.78 is 15.3. The van der Waals surface area contributed by atoms with Gasteiger partial charge < -0.3 is 15.7 Å². The summed E-state index contributed by atoms with van der Waals surface area (Å²) in [5.74, 6) is -2.99. The van der Waals surface area contributed by atoms with Gasteiger partial charge in [0.2, 0.25) is 23.6 Å². The molecule has 1 aromatic carbocycles. The lowest BCUT2D eigenvalue weighted by molar-refractivity contribution is -0.138. The summed E-state index contributed by atoms with van der Waals surface area (Å²) in [5.41, 5.74) is 7.41. The number of carbonyl (C=O) groups excluding carboxylic acids is 3. The van der Waals surface area contributed by atoms with Crippen LogP contribution in [0.3, 0.4) is 0 Å². The van der Waals surface area contributed by atoms with Gasteiger partial charge in [0.25, 0.3) is 5.91 Å². The van der Waals surface area contributed by atoms with Crippen LogP contribution < -0.4 is 11.1 Å². The molecule has 2 atom stereocenters. The van der Waals surface area contributed by atoms with E-state index in [1.165, 1.54) is 24.9 Å². The molecule has 0 radical (unpaired) electrons. The minimum absolute atomic E-state index is 0.0473. The minimum atomic E-state index is -1.45. The van der Waals surface area contributed by atoms with Gasteiger partial charge in [0.1, 0.15) is 17.7 Å². The number of primary amides is 1. The van der Waals surface area contributed by atoms with Crippen LogP contribution in [0.1, 0.15) is 23.8 Å². The summed E-state index contributed by atoms with van der Waals surface area (Å²) in [6.07, 6.45) is 1.30. The standard InChI is InChI=1S/C24H23ClFN9O4/c1-12(26)7-17(23(39)32-24-30-18(25)9-19(36)31-24)34(2)20(37)11-35-16-4-3-13(14-5-6-28-29-10-14)8-15(16)21(33-35)22(27)38/h3-6,8-10,12,17H,7,11H2,1-2H3,(H2,27,38)(H2,30,31,32,36,39). The molecule has 4 rings (SSSR count). The molecule has 3 aromatic heterocycles. The van der Waals surface area contributed by atoms with Crippen molar-refractivity contribution >= 4 is 46.2 Å². The van der Waals surface area contributed by atoms with Gasteiger partial charge in [-0.1, -0.05) is 17.7 Å². The normalized spacial score (nSPS) is 12.6. The molecular formula is C24H23ClFN9O4. The summed E-state index contributed by atoms with van der Waals surface area (Å²) in [4.78, 5) is 46.9. The van der Waals surface area contributed by atoms with E-state index in [2.05, 4.69) is 30.6 Å². The highest BCUT2D eigenvalue weighted by molar-refractivity contribution is 6.29. The van der Waals surface area contributed by atoms with Crippen molar-refractivity contribution in [1.82, 2.24) is 34.8 Å². The maximum atomic E-state index is 14.0. The third-order valence-electron chi connectivity index (χ3n) is 5.81. The van der Waals surface area contributed by atoms with E-state index >= 15 is 0 Å². The molecule has 0 aliphatic heterocycles. The van der Waals surface area contributed by atoms with Crippen molar-refractivity contribution in [1.29, 1.82) is 0 Å². The Bertz CT molecular complexity index is 1530. The molecule has 0 fully saturated rings. The van der Waals surface area contributed by atoms with Crippen LogP contribution in [0.15, 0.2) is 42.7 Å². The average molecular weight is 556 g/mol. The van der Waals surface area contributed by atoms with Gasteiger partial charge >= 0.3 is 0 Å². The molecule has 3 heterocycles. The summed E-state index contributed by atoms with van der Waals surface area (Å²) in [7, 11) is 1.33. The molecule has 0 aliphatic rings. The van der Waals surface area contributed by atoms with Crippen LogP contribution in [0, 0.1) is 0 Å². The third-order valence-corrected chi connectivity index (χ3v) is 6.01. The highest BCUT2D eigenvalue weighted by Crippen LogP contribution is 2.26. The molecule has 0 bridgehead atoms. The third kappa shape index (κ3) is 6.23. The highest BCUT2D eigenvalue weighted by Gasteiger charge is 2.30. The van der Waals surface area contributed by atoms with E-state index in [1.807, 2.05) is 0 Å². The van der Waals surface area contributed by atoms with Gasteiger partial charge in [-0.15, -0.1) is 0 Å². The minimum Gasteiger partial charge on any atom is -0.493 e. The largest absolute Gasteiger partial charge is 0.493 e. The zero-order chi connectivity index (χ0) is 28.3. The van der Waals surface area contributed by atoms with E-state index in [4.69, 9.17) is 17.3 Å². The molecular weight excluding hydrogens is 533 g/mol. The number of nitrogens with two attached hydrogens (primary N) is 1. The van der Waals surface area contributed by atoms with Gasteiger partial charge in [0.05, 0.1) is 24.1 Å². The molecule has 3 amide bonds. The first-order chi connectivity index (χ1) is 18.5. The Hall–Kier alpha value is -4.72. The number of benzene rings is 1. The lowest BCUT2D eigenvalue weighted by Crippen LogP contribution is -2.47. The first-order valence-corrected chi connectivity index (χ1v) is 11.9. The highest BCUT2D eigenvalue weighted by atomic mass is 35.5. The number of alkyl halides is 1. The van der Waals surface area contributed by atoms with Crippen LogP contribution in [0.25, 0.3) is 22.0 Å². The van der Waals surface area contributed by atoms with E-state index in [9.17, 15) is 23.9 Å². The first kappa shape index (κ1) is 27.3. The van der Waals surface area contributed by atoms with Crippen LogP contribution in [-0.4, -0.2) is 76.9 Å². The smallest absolute Gasteiger partial charge is 0.269 e. The molecule has 39 heavy (non-hydrogen) atoms. The molecule has 15 heteroatoms. The molecule has 0 aliphatic carbocycles. The molecule has 0 saturated carbocycles. The number of amides is 3. The predicted molar refractivity (Wildman–Crippen MR) is 138 cm³/mol. The number of rotatable bonds is 9. The Morgan fingerprint density at radius 3 is 2.59 bits per heavy atom. The number of hydrogen-bond donors (Lipinski definition) is 3. The second-order valence-corrected chi connectivity index (χ2v) is 9.02. The van der Waals surface area contributed by atoms with Gasteiger partial charge in [-0.2, -0.15) is 20.3 Å².